The summed E-state index contributed by atoms with van der Waals surface area (Å²) in [6.45, 7) is 2.51. The Bertz CT molecular complexity index is 3090. The molecule has 2 saturated carbocycles. The first-order valence-electron chi connectivity index (χ1n) is 25.9. The van der Waals surface area contributed by atoms with Gasteiger partial charge in [-0.05, 0) is 130 Å². The van der Waals surface area contributed by atoms with Crippen LogP contribution in [-0.4, -0.2) is 32.4 Å². The minimum atomic E-state index is -0.122. The number of rotatable bonds is 7. The fourth-order valence-electron chi connectivity index (χ4n) is 11.9. The predicted octanol–water partition coefficient (Wildman–Crippen LogP) is 15.4. The number of benzene rings is 8. The monoisotopic (exact) mass is 1010 g/mol. The van der Waals surface area contributed by atoms with E-state index in [0.717, 1.165) is 32.9 Å². The lowest BCUT2D eigenvalue weighted by atomic mass is 9.61. The molecule has 0 spiro atoms. The van der Waals surface area contributed by atoms with Gasteiger partial charge in [0.05, 0.1) is 12.8 Å². The first-order chi connectivity index (χ1) is 35.1. The molecule has 2 fully saturated rings. The molecule has 0 bridgehead atoms. The number of ether oxygens (including phenoxy) is 1. The van der Waals surface area contributed by atoms with E-state index in [-0.39, 0.29) is 21.9 Å². The highest BCUT2D eigenvalue weighted by molar-refractivity contribution is 9.10. The number of nitrogens with zero attached hydrogens (tertiary/aromatic N) is 1. The molecule has 3 N–H and O–H groups in total. The summed E-state index contributed by atoms with van der Waals surface area (Å²) in [5.74, 6) is 1.02. The quantitative estimate of drug-likeness (QED) is 0.110. The van der Waals surface area contributed by atoms with E-state index < -0.39 is 0 Å². The Labute approximate surface area is 432 Å². The zero-order valence-electron chi connectivity index (χ0n) is 41.0. The summed E-state index contributed by atoms with van der Waals surface area (Å²) in [7, 11) is 1.69. The van der Waals surface area contributed by atoms with Crippen molar-refractivity contribution in [1.82, 2.24) is 0 Å². The second kappa shape index (κ2) is 21.7. The van der Waals surface area contributed by atoms with Crippen LogP contribution in [0.5, 0.6) is 5.75 Å². The summed E-state index contributed by atoms with van der Waals surface area (Å²) in [6.07, 6.45) is 14.4. The number of hydrogen-bond donors (Lipinski definition) is 3. The van der Waals surface area contributed by atoms with Crippen LogP contribution in [0.25, 0.3) is 33.4 Å². The SMILES string of the molecule is Brc1ccccc1-c1ccccc1B1Nc2ccccc2N1.COc1cccc(C)c1-c1ccccc1P(C1CCCCC1)C1CCCCC1.c1ccc2c(c1)NB1c3ccccc3-c3ccccc3N12. The van der Waals surface area contributed by atoms with Gasteiger partial charge in [-0.25, -0.2) is 0 Å². The second-order valence-corrected chi connectivity index (χ2v) is 23.1. The maximum absolute atomic E-state index is 5.81. The van der Waals surface area contributed by atoms with Crippen LogP contribution in [0.1, 0.15) is 69.8 Å². The number of para-hydroxylation sites is 5. The molecule has 8 aromatic carbocycles. The zero-order valence-corrected chi connectivity index (χ0v) is 43.4. The lowest BCUT2D eigenvalue weighted by molar-refractivity contribution is 0.416. The lowest BCUT2D eigenvalue weighted by Gasteiger charge is -2.39. The van der Waals surface area contributed by atoms with Crippen LogP contribution < -0.4 is 41.5 Å². The first kappa shape index (κ1) is 47.1. The number of fused-ring (bicyclic) bond motifs is 9. The fourth-order valence-corrected chi connectivity index (χ4v) is 16.4. The molecule has 5 aliphatic rings. The van der Waals surface area contributed by atoms with Crippen molar-refractivity contribution in [3.8, 4) is 39.1 Å². The minimum absolute atomic E-state index is 0.0840. The molecule has 354 valence electrons. The molecule has 9 heteroatoms. The van der Waals surface area contributed by atoms with Crippen LogP contribution in [0, 0.1) is 6.92 Å². The van der Waals surface area contributed by atoms with Gasteiger partial charge in [0.15, 0.2) is 0 Å². The van der Waals surface area contributed by atoms with Crippen molar-refractivity contribution in [3.63, 3.8) is 0 Å². The first-order valence-corrected chi connectivity index (χ1v) is 28.1. The molecule has 0 amide bonds. The van der Waals surface area contributed by atoms with E-state index in [2.05, 4.69) is 225 Å². The van der Waals surface area contributed by atoms with Gasteiger partial charge in [-0.1, -0.05) is 208 Å². The molecular weight excluding hydrogens is 949 g/mol. The van der Waals surface area contributed by atoms with Crippen molar-refractivity contribution in [3.05, 3.63) is 198 Å². The van der Waals surface area contributed by atoms with Crippen molar-refractivity contribution in [1.29, 1.82) is 0 Å². The van der Waals surface area contributed by atoms with E-state index in [4.69, 9.17) is 4.74 Å². The molecule has 0 radical (unpaired) electrons. The minimum Gasteiger partial charge on any atom is -0.496 e. The molecule has 0 saturated heterocycles. The topological polar surface area (TPSA) is 48.6 Å². The van der Waals surface area contributed by atoms with Gasteiger partial charge in [-0.3, -0.25) is 0 Å². The summed E-state index contributed by atoms with van der Waals surface area (Å²) in [5.41, 5.74) is 19.6. The third-order valence-electron chi connectivity index (χ3n) is 15.2. The Morgan fingerprint density at radius 2 is 0.986 bits per heavy atom. The van der Waals surface area contributed by atoms with Crippen LogP contribution in [0.2, 0.25) is 0 Å². The molecule has 71 heavy (non-hydrogen) atoms. The molecule has 5 nitrogen and oxygen atoms in total. The number of halogens is 1. The Morgan fingerprint density at radius 1 is 0.479 bits per heavy atom. The maximum atomic E-state index is 5.81. The van der Waals surface area contributed by atoms with Gasteiger partial charge in [0, 0.05) is 38.3 Å². The summed E-state index contributed by atoms with van der Waals surface area (Å²) < 4.78 is 6.92. The number of nitrogens with one attached hydrogen (secondary N) is 3. The van der Waals surface area contributed by atoms with Crippen LogP contribution >= 0.6 is 23.9 Å². The summed E-state index contributed by atoms with van der Waals surface area (Å²) in [6, 6.07) is 66.8. The van der Waals surface area contributed by atoms with E-state index in [0.29, 0.717) is 0 Å². The van der Waals surface area contributed by atoms with Crippen molar-refractivity contribution >= 4 is 82.5 Å². The van der Waals surface area contributed by atoms with Crippen LogP contribution in [-0.2, 0) is 0 Å². The molecule has 0 aromatic heterocycles. The number of anilines is 5. The van der Waals surface area contributed by atoms with E-state index in [1.54, 1.807) is 5.30 Å². The molecular formula is C62H62B2BrN4OP. The average molecular weight is 1010 g/mol. The molecule has 3 heterocycles. The lowest BCUT2D eigenvalue weighted by Crippen LogP contribution is -2.51. The highest BCUT2D eigenvalue weighted by Gasteiger charge is 2.41. The largest absolute Gasteiger partial charge is 0.496 e. The van der Waals surface area contributed by atoms with Crippen LogP contribution in [0.15, 0.2) is 193 Å². The molecule has 0 atom stereocenters. The van der Waals surface area contributed by atoms with Gasteiger partial charge in [-0.2, -0.15) is 0 Å². The van der Waals surface area contributed by atoms with Crippen molar-refractivity contribution in [2.24, 2.45) is 0 Å². The smallest absolute Gasteiger partial charge is 0.414 e. The summed E-state index contributed by atoms with van der Waals surface area (Å²) >= 11 is 3.66. The fraction of sp³-hybridized carbons (Fsp3) is 0.226. The normalized spacial score (nSPS) is 15.5. The van der Waals surface area contributed by atoms with E-state index in [1.165, 1.54) is 131 Å². The summed E-state index contributed by atoms with van der Waals surface area (Å²) in [5, 5.41) is 12.4. The molecule has 2 aliphatic carbocycles. The van der Waals surface area contributed by atoms with Gasteiger partial charge < -0.3 is 25.2 Å². The zero-order chi connectivity index (χ0) is 48.1. The van der Waals surface area contributed by atoms with Crippen LogP contribution in [0.3, 0.4) is 0 Å². The van der Waals surface area contributed by atoms with Gasteiger partial charge in [-0.15, -0.1) is 0 Å². The number of methoxy groups -OCH3 is 1. The third kappa shape index (κ3) is 9.66. The highest BCUT2D eigenvalue weighted by atomic mass is 79.9. The highest BCUT2D eigenvalue weighted by Crippen LogP contribution is 2.57. The van der Waals surface area contributed by atoms with Gasteiger partial charge in [0.1, 0.15) is 5.75 Å². The Hall–Kier alpha value is -6.20. The van der Waals surface area contributed by atoms with Gasteiger partial charge in [0.2, 0.25) is 0 Å². The Morgan fingerprint density at radius 3 is 1.63 bits per heavy atom. The Balaban J connectivity index is 0.000000117. The second-order valence-electron chi connectivity index (χ2n) is 19.5. The van der Waals surface area contributed by atoms with E-state index in [9.17, 15) is 0 Å². The van der Waals surface area contributed by atoms with Crippen molar-refractivity contribution in [2.75, 3.05) is 27.6 Å². The molecule has 0 unspecified atom stereocenters. The number of aryl methyl sites for hydroxylation is 1. The third-order valence-corrected chi connectivity index (χ3v) is 19.5. The van der Waals surface area contributed by atoms with Crippen LogP contribution in [0.4, 0.5) is 28.4 Å². The summed E-state index contributed by atoms with van der Waals surface area (Å²) in [4.78, 5) is 2.41. The Kier molecular flexibility index (Phi) is 14.4. The van der Waals surface area contributed by atoms with Gasteiger partial charge in [0.25, 0.3) is 0 Å². The van der Waals surface area contributed by atoms with E-state index >= 15 is 0 Å². The molecule has 3 aliphatic heterocycles. The van der Waals surface area contributed by atoms with Crippen molar-refractivity contribution < 1.29 is 4.74 Å². The standard InChI is InChI=1S/C26H35OP.C18H14BBrN2.C18H13BN2/c1-20-12-11-18-24(27-2)26(20)23-17-9-10-19-25(23)28(21-13-5-3-6-14-21)22-15-7-4-8-16-22;20-16-10-4-2-8-14(16)13-7-1-3-9-15(13)19-21-17-11-5-6-12-18(17)22-19;1-3-9-15-13(7-1)14-8-2-5-11-17(14)21-18-12-6-4-10-16(18)20-19(15)21/h9-12,17-19,21-22H,3-8,13-16H2,1-2H3;1-12,21-22H;1-12,20H. The van der Waals surface area contributed by atoms with Gasteiger partial charge >= 0.3 is 14.0 Å². The molecule has 8 aromatic rings. The van der Waals surface area contributed by atoms with E-state index in [1.807, 2.05) is 13.2 Å². The van der Waals surface area contributed by atoms with Crippen molar-refractivity contribution in [2.45, 2.75) is 82.4 Å². The average Bonchev–Trinajstić information content (AvgIpc) is 4.06. The predicted molar refractivity (Wildman–Crippen MR) is 312 cm³/mol. The maximum Gasteiger partial charge on any atom is 0.414 e. The number of hydrogen-bond acceptors (Lipinski definition) is 5. The molecule has 13 rings (SSSR count).